The highest BCUT2D eigenvalue weighted by Gasteiger charge is 2.24. The summed E-state index contributed by atoms with van der Waals surface area (Å²) in [6, 6.07) is 4.63. The van der Waals surface area contributed by atoms with Crippen molar-refractivity contribution in [3.8, 4) is 0 Å². The summed E-state index contributed by atoms with van der Waals surface area (Å²) in [7, 11) is 0. The Bertz CT molecular complexity index is 385. The molecule has 0 aliphatic carbocycles. The van der Waals surface area contributed by atoms with Crippen molar-refractivity contribution in [2.45, 2.75) is 51.5 Å². The number of amides is 1. The van der Waals surface area contributed by atoms with Crippen molar-refractivity contribution >= 4 is 17.2 Å². The predicted molar refractivity (Wildman–Crippen MR) is 83.1 cm³/mol. The first-order valence-corrected chi connectivity index (χ1v) is 8.59. The van der Waals surface area contributed by atoms with Gasteiger partial charge in [-0.1, -0.05) is 13.0 Å². The van der Waals surface area contributed by atoms with Crippen LogP contribution in [0, 0.1) is 0 Å². The highest BCUT2D eigenvalue weighted by Crippen LogP contribution is 2.18. The number of aryl methyl sites for hydroxylation is 1. The maximum atomic E-state index is 12.4. The molecule has 1 aromatic heterocycles. The van der Waals surface area contributed by atoms with Gasteiger partial charge in [0.2, 0.25) is 5.91 Å². The van der Waals surface area contributed by atoms with Gasteiger partial charge < -0.3 is 9.64 Å². The molecule has 0 atom stereocenters. The lowest BCUT2D eigenvalue weighted by molar-refractivity contribution is -0.135. The second-order valence-electron chi connectivity index (χ2n) is 5.36. The third-order valence-electron chi connectivity index (χ3n) is 3.81. The largest absolute Gasteiger partial charge is 0.381 e. The fourth-order valence-electron chi connectivity index (χ4n) is 2.76. The number of carbonyl (C=O) groups is 1. The van der Waals surface area contributed by atoms with Crippen LogP contribution in [0.5, 0.6) is 0 Å². The van der Waals surface area contributed by atoms with Crippen molar-refractivity contribution in [2.24, 2.45) is 0 Å². The third kappa shape index (κ3) is 4.60. The van der Waals surface area contributed by atoms with Crippen molar-refractivity contribution in [3.05, 3.63) is 22.4 Å². The van der Waals surface area contributed by atoms with E-state index in [1.165, 1.54) is 4.88 Å². The lowest BCUT2D eigenvalue weighted by Gasteiger charge is -2.34. The maximum absolute atomic E-state index is 12.4. The first-order valence-electron chi connectivity index (χ1n) is 7.71. The van der Waals surface area contributed by atoms with E-state index in [4.69, 9.17) is 4.74 Å². The van der Waals surface area contributed by atoms with Crippen LogP contribution in [0.25, 0.3) is 0 Å². The Morgan fingerprint density at radius 1 is 1.45 bits per heavy atom. The van der Waals surface area contributed by atoms with Crippen LogP contribution < -0.4 is 0 Å². The van der Waals surface area contributed by atoms with E-state index in [9.17, 15) is 4.79 Å². The van der Waals surface area contributed by atoms with Crippen LogP contribution in [0.1, 0.15) is 43.9 Å². The zero-order valence-electron chi connectivity index (χ0n) is 12.3. The minimum absolute atomic E-state index is 0.329. The van der Waals surface area contributed by atoms with Gasteiger partial charge in [-0.15, -0.1) is 11.3 Å². The zero-order valence-corrected chi connectivity index (χ0v) is 13.2. The second kappa shape index (κ2) is 8.42. The van der Waals surface area contributed by atoms with Gasteiger partial charge in [-0.2, -0.15) is 0 Å². The first kappa shape index (κ1) is 15.5. The van der Waals surface area contributed by atoms with Gasteiger partial charge in [-0.25, -0.2) is 0 Å². The van der Waals surface area contributed by atoms with Gasteiger partial charge in [-0.05, 0) is 43.6 Å². The van der Waals surface area contributed by atoms with E-state index in [0.717, 1.165) is 51.9 Å². The van der Waals surface area contributed by atoms with Crippen LogP contribution in [0.2, 0.25) is 0 Å². The number of hydrogen-bond acceptors (Lipinski definition) is 3. The molecule has 0 N–H and O–H groups in total. The smallest absolute Gasteiger partial charge is 0.222 e. The van der Waals surface area contributed by atoms with Crippen molar-refractivity contribution in [2.75, 3.05) is 19.8 Å². The van der Waals surface area contributed by atoms with Crippen molar-refractivity contribution in [1.82, 2.24) is 4.90 Å². The van der Waals surface area contributed by atoms with Gasteiger partial charge in [-0.3, -0.25) is 4.79 Å². The monoisotopic (exact) mass is 295 g/mol. The molecule has 0 bridgehead atoms. The average molecular weight is 295 g/mol. The SMILES string of the molecule is CCCN(C(=O)CCCc1cccs1)C1CCOCC1. The average Bonchev–Trinajstić information content (AvgIpc) is 2.99. The highest BCUT2D eigenvalue weighted by atomic mass is 32.1. The number of nitrogens with zero attached hydrogens (tertiary/aromatic N) is 1. The Balaban J connectivity index is 1.79. The molecule has 2 heterocycles. The van der Waals surface area contributed by atoms with Gasteiger partial charge in [0.15, 0.2) is 0 Å². The van der Waals surface area contributed by atoms with E-state index in [2.05, 4.69) is 29.3 Å². The summed E-state index contributed by atoms with van der Waals surface area (Å²) in [5.41, 5.74) is 0. The number of ether oxygens (including phenoxy) is 1. The van der Waals surface area contributed by atoms with Crippen molar-refractivity contribution < 1.29 is 9.53 Å². The van der Waals surface area contributed by atoms with E-state index in [1.807, 2.05) is 0 Å². The van der Waals surface area contributed by atoms with Crippen molar-refractivity contribution in [1.29, 1.82) is 0 Å². The summed E-state index contributed by atoms with van der Waals surface area (Å²) < 4.78 is 5.40. The number of thiophene rings is 1. The van der Waals surface area contributed by atoms with Gasteiger partial charge in [0.1, 0.15) is 0 Å². The summed E-state index contributed by atoms with van der Waals surface area (Å²) in [5.74, 6) is 0.329. The van der Waals surface area contributed by atoms with Gasteiger partial charge in [0.05, 0.1) is 0 Å². The fourth-order valence-corrected chi connectivity index (χ4v) is 3.51. The molecule has 1 fully saturated rings. The Hall–Kier alpha value is -0.870. The Labute approximate surface area is 125 Å². The topological polar surface area (TPSA) is 29.5 Å². The molecule has 3 nitrogen and oxygen atoms in total. The van der Waals surface area contributed by atoms with E-state index >= 15 is 0 Å². The molecule has 1 amide bonds. The molecule has 1 aliphatic heterocycles. The van der Waals surface area contributed by atoms with E-state index < -0.39 is 0 Å². The summed E-state index contributed by atoms with van der Waals surface area (Å²) in [6.07, 6.45) is 5.69. The number of carbonyl (C=O) groups excluding carboxylic acids is 1. The molecule has 0 spiro atoms. The lowest BCUT2D eigenvalue weighted by atomic mass is 10.1. The van der Waals surface area contributed by atoms with Crippen LogP contribution in [0.4, 0.5) is 0 Å². The molecule has 0 saturated carbocycles. The molecule has 1 aliphatic rings. The van der Waals surface area contributed by atoms with Crippen LogP contribution in [-0.2, 0) is 16.0 Å². The zero-order chi connectivity index (χ0) is 14.2. The highest BCUT2D eigenvalue weighted by molar-refractivity contribution is 7.09. The van der Waals surface area contributed by atoms with Gasteiger partial charge in [0.25, 0.3) is 0 Å². The lowest BCUT2D eigenvalue weighted by Crippen LogP contribution is -2.43. The summed E-state index contributed by atoms with van der Waals surface area (Å²) >= 11 is 1.78. The normalized spacial score (nSPS) is 16.2. The van der Waals surface area contributed by atoms with Crippen molar-refractivity contribution in [3.63, 3.8) is 0 Å². The molecule has 1 aromatic rings. The van der Waals surface area contributed by atoms with Crippen LogP contribution >= 0.6 is 11.3 Å². The quantitative estimate of drug-likeness (QED) is 0.770. The maximum Gasteiger partial charge on any atom is 0.222 e. The molecule has 1 saturated heterocycles. The molecular formula is C16H25NO2S. The standard InChI is InChI=1S/C16H25NO2S/c1-2-10-17(14-8-11-19-12-9-14)16(18)7-3-5-15-6-4-13-20-15/h4,6,13-14H,2-3,5,7-12H2,1H3. The molecular weight excluding hydrogens is 270 g/mol. The number of hydrogen-bond donors (Lipinski definition) is 0. The summed E-state index contributed by atoms with van der Waals surface area (Å²) in [4.78, 5) is 15.9. The Morgan fingerprint density at radius 3 is 2.90 bits per heavy atom. The third-order valence-corrected chi connectivity index (χ3v) is 4.75. The Kier molecular flexibility index (Phi) is 6.54. The van der Waals surface area contributed by atoms with Gasteiger partial charge >= 0.3 is 0 Å². The van der Waals surface area contributed by atoms with E-state index in [-0.39, 0.29) is 0 Å². The molecule has 0 aromatic carbocycles. The van der Waals surface area contributed by atoms with E-state index in [1.54, 1.807) is 11.3 Å². The minimum Gasteiger partial charge on any atom is -0.381 e. The molecule has 2 rings (SSSR count). The fraction of sp³-hybridized carbons (Fsp3) is 0.688. The van der Waals surface area contributed by atoms with Crippen LogP contribution in [0.3, 0.4) is 0 Å². The first-order chi connectivity index (χ1) is 9.81. The summed E-state index contributed by atoms with van der Waals surface area (Å²) in [6.45, 7) is 4.63. The van der Waals surface area contributed by atoms with Gasteiger partial charge in [0, 0.05) is 37.1 Å². The van der Waals surface area contributed by atoms with E-state index in [0.29, 0.717) is 18.4 Å². The summed E-state index contributed by atoms with van der Waals surface area (Å²) in [5, 5.41) is 2.10. The molecule has 0 unspecified atom stereocenters. The minimum atomic E-state index is 0.329. The molecule has 112 valence electrons. The Morgan fingerprint density at radius 2 is 2.25 bits per heavy atom. The second-order valence-corrected chi connectivity index (χ2v) is 6.40. The molecule has 20 heavy (non-hydrogen) atoms. The predicted octanol–water partition coefficient (Wildman–Crippen LogP) is 3.49. The molecule has 0 radical (unpaired) electrons. The number of rotatable bonds is 7. The molecule has 4 heteroatoms. The van der Waals surface area contributed by atoms with Crippen LogP contribution in [-0.4, -0.2) is 36.6 Å². The van der Waals surface area contributed by atoms with Crippen LogP contribution in [0.15, 0.2) is 17.5 Å².